The zero-order valence-corrected chi connectivity index (χ0v) is 13.3. The van der Waals surface area contributed by atoms with Gasteiger partial charge in [-0.2, -0.15) is 13.2 Å². The molecule has 0 unspecified atom stereocenters. The van der Waals surface area contributed by atoms with Crippen LogP contribution >= 0.6 is 12.0 Å². The van der Waals surface area contributed by atoms with Crippen LogP contribution in [0.1, 0.15) is 43.2 Å². The number of nitrogens with one attached hydrogen (secondary N) is 1. The van der Waals surface area contributed by atoms with E-state index in [-0.39, 0.29) is 5.54 Å². The van der Waals surface area contributed by atoms with Crippen molar-refractivity contribution in [1.82, 2.24) is 5.32 Å². The molecule has 124 valence electrons. The molecular weight excluding hydrogens is 311 g/mol. The Morgan fingerprint density at radius 1 is 1.14 bits per heavy atom. The van der Waals surface area contributed by atoms with E-state index < -0.39 is 11.7 Å². The van der Waals surface area contributed by atoms with Gasteiger partial charge in [-0.1, -0.05) is 25.0 Å². The summed E-state index contributed by atoms with van der Waals surface area (Å²) >= 11 is 0.844. The molecular formula is C16H22F3NOS. The first kappa shape index (κ1) is 17.6. The fourth-order valence-electron chi connectivity index (χ4n) is 3.16. The van der Waals surface area contributed by atoms with E-state index in [1.807, 2.05) is 0 Å². The fraction of sp³-hybridized carbons (Fsp3) is 0.625. The molecule has 1 fully saturated rings. The highest BCUT2D eigenvalue weighted by Gasteiger charge is 2.34. The first-order chi connectivity index (χ1) is 10.5. The summed E-state index contributed by atoms with van der Waals surface area (Å²) in [5.74, 6) is 0.698. The van der Waals surface area contributed by atoms with E-state index in [9.17, 15) is 13.2 Å². The number of hydrogen-bond donors (Lipinski definition) is 2. The second-order valence-electron chi connectivity index (χ2n) is 5.97. The topological polar surface area (TPSA) is 32.3 Å². The predicted molar refractivity (Wildman–Crippen MR) is 84.1 cm³/mol. The standard InChI is InChI=1S/C16H22F3NOS/c17-16(18,19)14-6-4-13(5-7-14)12-15(8-1-2-9-15)20-10-3-11-22-21/h4-7,20-21H,1-3,8-12H2. The van der Waals surface area contributed by atoms with Crippen LogP contribution in [0, 0.1) is 0 Å². The molecule has 6 heteroatoms. The lowest BCUT2D eigenvalue weighted by atomic mass is 9.88. The van der Waals surface area contributed by atoms with E-state index in [1.165, 1.54) is 12.1 Å². The summed E-state index contributed by atoms with van der Waals surface area (Å²) in [6.45, 7) is 0.828. The Kier molecular flexibility index (Phi) is 6.17. The maximum atomic E-state index is 12.6. The predicted octanol–water partition coefficient (Wildman–Crippen LogP) is 4.75. The summed E-state index contributed by atoms with van der Waals surface area (Å²) in [5.41, 5.74) is 0.350. The molecule has 0 radical (unpaired) electrons. The van der Waals surface area contributed by atoms with E-state index in [4.69, 9.17) is 4.55 Å². The van der Waals surface area contributed by atoms with Gasteiger partial charge in [0.05, 0.1) is 5.56 Å². The van der Waals surface area contributed by atoms with Crippen molar-refractivity contribution in [2.45, 2.75) is 50.2 Å². The van der Waals surface area contributed by atoms with Crippen molar-refractivity contribution in [2.24, 2.45) is 0 Å². The maximum Gasteiger partial charge on any atom is 0.416 e. The molecule has 1 saturated carbocycles. The van der Waals surface area contributed by atoms with Crippen LogP contribution in [0.2, 0.25) is 0 Å². The van der Waals surface area contributed by atoms with Crippen molar-refractivity contribution in [3.63, 3.8) is 0 Å². The van der Waals surface area contributed by atoms with Crippen LogP contribution in [-0.4, -0.2) is 22.4 Å². The van der Waals surface area contributed by atoms with Crippen molar-refractivity contribution in [3.8, 4) is 0 Å². The lowest BCUT2D eigenvalue weighted by Gasteiger charge is -2.31. The largest absolute Gasteiger partial charge is 0.416 e. The van der Waals surface area contributed by atoms with Crippen LogP contribution in [0.25, 0.3) is 0 Å². The third-order valence-corrected chi connectivity index (χ3v) is 4.77. The van der Waals surface area contributed by atoms with Crippen molar-refractivity contribution in [1.29, 1.82) is 0 Å². The van der Waals surface area contributed by atoms with Gasteiger partial charge >= 0.3 is 6.18 Å². The number of benzene rings is 1. The second kappa shape index (κ2) is 7.70. The average molecular weight is 333 g/mol. The van der Waals surface area contributed by atoms with Crippen molar-refractivity contribution in [2.75, 3.05) is 12.3 Å². The first-order valence-electron chi connectivity index (χ1n) is 7.63. The highest BCUT2D eigenvalue weighted by molar-refractivity contribution is 7.93. The summed E-state index contributed by atoms with van der Waals surface area (Å²) in [7, 11) is 0. The lowest BCUT2D eigenvalue weighted by Crippen LogP contribution is -2.45. The van der Waals surface area contributed by atoms with E-state index >= 15 is 0 Å². The molecule has 1 aromatic carbocycles. The SMILES string of the molecule is OSCCCNC1(Cc2ccc(C(F)(F)F)cc2)CCCC1. The molecule has 0 bridgehead atoms. The Balaban J connectivity index is 1.98. The van der Waals surface area contributed by atoms with Crippen LogP contribution < -0.4 is 5.32 Å². The summed E-state index contributed by atoms with van der Waals surface area (Å²) in [6.07, 6.45) is 1.79. The molecule has 0 aromatic heterocycles. The van der Waals surface area contributed by atoms with Gasteiger partial charge in [0.1, 0.15) is 0 Å². The van der Waals surface area contributed by atoms with Crippen LogP contribution in [0.4, 0.5) is 13.2 Å². The number of hydrogen-bond acceptors (Lipinski definition) is 3. The molecule has 2 rings (SSSR count). The first-order valence-corrected chi connectivity index (χ1v) is 8.57. The Morgan fingerprint density at radius 2 is 1.77 bits per heavy atom. The maximum absolute atomic E-state index is 12.6. The van der Waals surface area contributed by atoms with Crippen LogP contribution in [0.15, 0.2) is 24.3 Å². The quantitative estimate of drug-likeness (QED) is 0.558. The summed E-state index contributed by atoms with van der Waals surface area (Å²) < 4.78 is 46.6. The Hall–Kier alpha value is -0.720. The van der Waals surface area contributed by atoms with Gasteiger partial charge in [0.2, 0.25) is 0 Å². The van der Waals surface area contributed by atoms with E-state index in [2.05, 4.69) is 5.32 Å². The Labute approximate surface area is 133 Å². The zero-order chi connectivity index (χ0) is 16.1. The highest BCUT2D eigenvalue weighted by atomic mass is 32.2. The minimum Gasteiger partial charge on any atom is -0.330 e. The van der Waals surface area contributed by atoms with Gasteiger partial charge in [0.15, 0.2) is 0 Å². The number of halogens is 3. The summed E-state index contributed by atoms with van der Waals surface area (Å²) in [6, 6.07) is 5.52. The van der Waals surface area contributed by atoms with Gasteiger partial charge < -0.3 is 9.87 Å². The van der Waals surface area contributed by atoms with Crippen LogP contribution in [0.3, 0.4) is 0 Å². The van der Waals surface area contributed by atoms with Gasteiger partial charge in [-0.15, -0.1) is 0 Å². The number of alkyl halides is 3. The molecule has 1 aliphatic carbocycles. The molecule has 0 amide bonds. The molecule has 2 N–H and O–H groups in total. The summed E-state index contributed by atoms with van der Waals surface area (Å²) in [4.78, 5) is 0. The van der Waals surface area contributed by atoms with Crippen molar-refractivity contribution < 1.29 is 17.7 Å². The van der Waals surface area contributed by atoms with Gasteiger partial charge in [-0.25, -0.2) is 0 Å². The molecule has 1 aromatic rings. The normalized spacial score (nSPS) is 17.8. The molecule has 0 atom stereocenters. The minimum atomic E-state index is -4.27. The van der Waals surface area contributed by atoms with Crippen LogP contribution in [-0.2, 0) is 12.6 Å². The summed E-state index contributed by atoms with van der Waals surface area (Å²) in [5, 5.41) is 3.58. The average Bonchev–Trinajstić information content (AvgIpc) is 2.92. The molecule has 0 saturated heterocycles. The van der Waals surface area contributed by atoms with Crippen molar-refractivity contribution in [3.05, 3.63) is 35.4 Å². The van der Waals surface area contributed by atoms with Gasteiger partial charge in [-0.3, -0.25) is 0 Å². The second-order valence-corrected chi connectivity index (χ2v) is 6.64. The molecule has 2 nitrogen and oxygen atoms in total. The van der Waals surface area contributed by atoms with Gasteiger partial charge in [0.25, 0.3) is 0 Å². The molecule has 1 aliphatic rings. The van der Waals surface area contributed by atoms with E-state index in [0.717, 1.165) is 62.7 Å². The van der Waals surface area contributed by atoms with Gasteiger partial charge in [-0.05, 0) is 62.0 Å². The third kappa shape index (κ3) is 4.89. The Morgan fingerprint density at radius 3 is 2.32 bits per heavy atom. The molecule has 0 spiro atoms. The lowest BCUT2D eigenvalue weighted by molar-refractivity contribution is -0.137. The van der Waals surface area contributed by atoms with Crippen molar-refractivity contribution >= 4 is 12.0 Å². The molecule has 0 aliphatic heterocycles. The fourth-order valence-corrected chi connectivity index (χ4v) is 3.43. The smallest absolute Gasteiger partial charge is 0.330 e. The Bertz CT molecular complexity index is 455. The highest BCUT2D eigenvalue weighted by Crippen LogP contribution is 2.34. The monoisotopic (exact) mass is 333 g/mol. The zero-order valence-electron chi connectivity index (χ0n) is 12.5. The molecule has 22 heavy (non-hydrogen) atoms. The molecule has 0 heterocycles. The van der Waals surface area contributed by atoms with E-state index in [1.54, 1.807) is 12.1 Å². The van der Waals surface area contributed by atoms with Gasteiger partial charge in [0, 0.05) is 11.3 Å². The minimum absolute atomic E-state index is 0.000127. The third-order valence-electron chi connectivity index (χ3n) is 4.30. The van der Waals surface area contributed by atoms with Crippen LogP contribution in [0.5, 0.6) is 0 Å². The number of rotatable bonds is 7. The van der Waals surface area contributed by atoms with E-state index in [0.29, 0.717) is 5.75 Å².